The molecule has 0 bridgehead atoms. The standard InChI is InChI=1S/C16H19N9/c1-23-8-12(5-21-23)14-13-15(18)19-10-20-16(13)25(22-14)7-11-3-2-4-24(6-11)9-17/h5,8,10-11H,2-4,6-7H2,1H3,(H2,18,19,20). The van der Waals surface area contributed by atoms with E-state index >= 15 is 0 Å². The van der Waals surface area contributed by atoms with Crippen LogP contribution in [0.15, 0.2) is 18.7 Å². The van der Waals surface area contributed by atoms with Gasteiger partial charge in [0.1, 0.15) is 17.8 Å². The van der Waals surface area contributed by atoms with E-state index < -0.39 is 0 Å². The Labute approximate surface area is 144 Å². The molecular weight excluding hydrogens is 318 g/mol. The van der Waals surface area contributed by atoms with Crippen molar-refractivity contribution >= 4 is 16.9 Å². The van der Waals surface area contributed by atoms with Crippen molar-refractivity contribution in [2.75, 3.05) is 18.8 Å². The Morgan fingerprint density at radius 1 is 1.40 bits per heavy atom. The first-order valence-corrected chi connectivity index (χ1v) is 8.26. The maximum atomic E-state index is 9.15. The molecule has 3 aromatic heterocycles. The largest absolute Gasteiger partial charge is 0.383 e. The topological polar surface area (TPSA) is 114 Å². The highest BCUT2D eigenvalue weighted by atomic mass is 15.3. The third-order valence-electron chi connectivity index (χ3n) is 4.63. The van der Waals surface area contributed by atoms with Crippen LogP contribution < -0.4 is 5.73 Å². The fourth-order valence-corrected chi connectivity index (χ4v) is 3.45. The summed E-state index contributed by atoms with van der Waals surface area (Å²) in [5, 5.41) is 18.9. The minimum absolute atomic E-state index is 0.356. The van der Waals surface area contributed by atoms with Gasteiger partial charge in [-0.15, -0.1) is 0 Å². The van der Waals surface area contributed by atoms with Gasteiger partial charge in [-0.05, 0) is 18.8 Å². The van der Waals surface area contributed by atoms with Gasteiger partial charge >= 0.3 is 0 Å². The van der Waals surface area contributed by atoms with Crippen LogP contribution in [0.1, 0.15) is 12.8 Å². The van der Waals surface area contributed by atoms with Crippen LogP contribution in [0.2, 0.25) is 0 Å². The highest BCUT2D eigenvalue weighted by Crippen LogP contribution is 2.30. The molecule has 0 spiro atoms. The number of aryl methyl sites for hydroxylation is 1. The molecule has 9 nitrogen and oxygen atoms in total. The van der Waals surface area contributed by atoms with E-state index in [4.69, 9.17) is 16.1 Å². The minimum Gasteiger partial charge on any atom is -0.383 e. The summed E-state index contributed by atoms with van der Waals surface area (Å²) in [7, 11) is 1.86. The Kier molecular flexibility index (Phi) is 3.72. The van der Waals surface area contributed by atoms with Crippen molar-refractivity contribution in [3.8, 4) is 17.5 Å². The highest BCUT2D eigenvalue weighted by molar-refractivity contribution is 5.97. The molecule has 3 aromatic rings. The van der Waals surface area contributed by atoms with Crippen molar-refractivity contribution in [1.82, 2.24) is 34.4 Å². The molecule has 0 saturated carbocycles. The number of aromatic nitrogens is 6. The van der Waals surface area contributed by atoms with Crippen molar-refractivity contribution < 1.29 is 0 Å². The second kappa shape index (κ2) is 6.05. The predicted molar refractivity (Wildman–Crippen MR) is 91.8 cm³/mol. The van der Waals surface area contributed by atoms with Gasteiger partial charge in [0, 0.05) is 38.4 Å². The van der Waals surface area contributed by atoms with Gasteiger partial charge in [0.15, 0.2) is 11.8 Å². The summed E-state index contributed by atoms with van der Waals surface area (Å²) in [6.07, 6.45) is 9.46. The molecule has 1 atom stereocenters. The van der Waals surface area contributed by atoms with Crippen molar-refractivity contribution in [3.63, 3.8) is 0 Å². The van der Waals surface area contributed by atoms with Gasteiger partial charge in [-0.3, -0.25) is 4.68 Å². The normalized spacial score (nSPS) is 17.8. The van der Waals surface area contributed by atoms with Gasteiger partial charge < -0.3 is 10.6 Å². The zero-order chi connectivity index (χ0) is 17.4. The van der Waals surface area contributed by atoms with E-state index in [0.29, 0.717) is 18.3 Å². The van der Waals surface area contributed by atoms with Crippen molar-refractivity contribution in [3.05, 3.63) is 18.7 Å². The van der Waals surface area contributed by atoms with E-state index in [1.165, 1.54) is 6.33 Å². The van der Waals surface area contributed by atoms with Crippen LogP contribution in [0.4, 0.5) is 5.82 Å². The second-order valence-electron chi connectivity index (χ2n) is 6.45. The Morgan fingerprint density at radius 3 is 3.04 bits per heavy atom. The number of nitriles is 1. The van der Waals surface area contributed by atoms with Crippen molar-refractivity contribution in [2.24, 2.45) is 13.0 Å². The number of piperidine rings is 1. The summed E-state index contributed by atoms with van der Waals surface area (Å²) in [5.41, 5.74) is 8.46. The SMILES string of the molecule is Cn1cc(-c2nn(CC3CCCN(C#N)C3)c3ncnc(N)c23)cn1. The molecule has 9 heteroatoms. The quantitative estimate of drug-likeness (QED) is 0.709. The Morgan fingerprint density at radius 2 is 2.28 bits per heavy atom. The van der Waals surface area contributed by atoms with Gasteiger partial charge in [-0.25, -0.2) is 14.6 Å². The van der Waals surface area contributed by atoms with Crippen LogP contribution in [0.25, 0.3) is 22.3 Å². The van der Waals surface area contributed by atoms with Gasteiger partial charge in [0.25, 0.3) is 0 Å². The van der Waals surface area contributed by atoms with Crippen LogP contribution in [0.5, 0.6) is 0 Å². The van der Waals surface area contributed by atoms with E-state index in [-0.39, 0.29) is 0 Å². The van der Waals surface area contributed by atoms with Gasteiger partial charge in [-0.1, -0.05) is 0 Å². The lowest BCUT2D eigenvalue weighted by molar-refractivity contribution is 0.221. The van der Waals surface area contributed by atoms with Crippen LogP contribution in [0.3, 0.4) is 0 Å². The number of anilines is 1. The van der Waals surface area contributed by atoms with E-state index in [1.54, 1.807) is 10.9 Å². The average Bonchev–Trinajstić information content (AvgIpc) is 3.20. The summed E-state index contributed by atoms with van der Waals surface area (Å²) < 4.78 is 3.62. The molecule has 0 amide bonds. The van der Waals surface area contributed by atoms with E-state index in [1.807, 2.05) is 22.8 Å². The molecule has 1 saturated heterocycles. The maximum Gasteiger partial charge on any atom is 0.179 e. The Hall–Kier alpha value is -3.15. The van der Waals surface area contributed by atoms with Crippen LogP contribution in [0, 0.1) is 17.4 Å². The summed E-state index contributed by atoms with van der Waals surface area (Å²) in [6, 6.07) is 0. The highest BCUT2D eigenvalue weighted by Gasteiger charge is 2.23. The van der Waals surface area contributed by atoms with Gasteiger partial charge in [-0.2, -0.15) is 15.5 Å². The number of likely N-dealkylation sites (tertiary alicyclic amines) is 1. The van der Waals surface area contributed by atoms with Crippen molar-refractivity contribution in [2.45, 2.75) is 19.4 Å². The molecule has 1 unspecified atom stereocenters. The number of rotatable bonds is 3. The van der Waals surface area contributed by atoms with Crippen LogP contribution in [-0.4, -0.2) is 47.5 Å². The molecule has 2 N–H and O–H groups in total. The summed E-state index contributed by atoms with van der Waals surface area (Å²) >= 11 is 0. The maximum absolute atomic E-state index is 9.15. The first kappa shape index (κ1) is 15.4. The third kappa shape index (κ3) is 2.76. The fraction of sp³-hybridized carbons (Fsp3) is 0.438. The first-order valence-electron chi connectivity index (χ1n) is 8.26. The van der Waals surface area contributed by atoms with Gasteiger partial charge in [0.2, 0.25) is 0 Å². The molecule has 0 aromatic carbocycles. The predicted octanol–water partition coefficient (Wildman–Crippen LogP) is 1.00. The molecule has 1 fully saturated rings. The van der Waals surface area contributed by atoms with Crippen LogP contribution >= 0.6 is 0 Å². The molecule has 0 aliphatic carbocycles. The molecule has 1 aliphatic rings. The molecule has 1 aliphatic heterocycles. The smallest absolute Gasteiger partial charge is 0.179 e. The zero-order valence-corrected chi connectivity index (χ0v) is 14.0. The molecule has 25 heavy (non-hydrogen) atoms. The summed E-state index contributed by atoms with van der Waals surface area (Å²) in [6.45, 7) is 2.29. The number of nitrogens with zero attached hydrogens (tertiary/aromatic N) is 8. The summed E-state index contributed by atoms with van der Waals surface area (Å²) in [5.74, 6) is 0.770. The van der Waals surface area contributed by atoms with E-state index in [9.17, 15) is 0 Å². The first-order chi connectivity index (χ1) is 12.2. The number of fused-ring (bicyclic) bond motifs is 1. The number of hydrogen-bond donors (Lipinski definition) is 1. The Balaban J connectivity index is 1.75. The number of nitrogen functional groups attached to an aromatic ring is 1. The average molecular weight is 337 g/mol. The van der Waals surface area contributed by atoms with Crippen LogP contribution in [-0.2, 0) is 13.6 Å². The number of hydrogen-bond acceptors (Lipinski definition) is 7. The number of nitrogens with two attached hydrogens (primary N) is 1. The lowest BCUT2D eigenvalue weighted by atomic mass is 9.98. The fourth-order valence-electron chi connectivity index (χ4n) is 3.45. The monoisotopic (exact) mass is 337 g/mol. The van der Waals surface area contributed by atoms with Gasteiger partial charge in [0.05, 0.1) is 11.6 Å². The van der Waals surface area contributed by atoms with E-state index in [2.05, 4.69) is 21.3 Å². The third-order valence-corrected chi connectivity index (χ3v) is 4.63. The molecule has 4 rings (SSSR count). The Bertz CT molecular complexity index is 948. The van der Waals surface area contributed by atoms with E-state index in [0.717, 1.165) is 48.2 Å². The van der Waals surface area contributed by atoms with Crippen molar-refractivity contribution in [1.29, 1.82) is 5.26 Å². The lowest BCUT2D eigenvalue weighted by Gasteiger charge is -2.28. The molecule has 0 radical (unpaired) electrons. The molecule has 128 valence electrons. The zero-order valence-electron chi connectivity index (χ0n) is 14.0. The summed E-state index contributed by atoms with van der Waals surface area (Å²) in [4.78, 5) is 10.3. The lowest BCUT2D eigenvalue weighted by Crippen LogP contribution is -2.34. The minimum atomic E-state index is 0.356. The second-order valence-corrected chi connectivity index (χ2v) is 6.45. The molecular formula is C16H19N9. The molecule has 4 heterocycles.